The van der Waals surface area contributed by atoms with Gasteiger partial charge in [-0.05, 0) is 18.8 Å². The van der Waals surface area contributed by atoms with Crippen LogP contribution in [0.4, 0.5) is 0 Å². The van der Waals surface area contributed by atoms with E-state index in [2.05, 4.69) is 30.4 Å². The van der Waals surface area contributed by atoms with Crippen molar-refractivity contribution < 1.29 is 0 Å². The van der Waals surface area contributed by atoms with Crippen molar-refractivity contribution in [1.29, 1.82) is 0 Å². The summed E-state index contributed by atoms with van der Waals surface area (Å²) in [5, 5.41) is 2.12. The Kier molecular flexibility index (Phi) is 4.55. The van der Waals surface area contributed by atoms with Crippen LogP contribution < -0.4 is 0 Å². The molecule has 0 N–H and O–H groups in total. The Balaban J connectivity index is 1.38. The standard InChI is InChI=1S/C12H22S2/c1-10(4-2-6-11-8-13-11)5-3-7-12-9-14-12/h10-12H,2-9H2,1H3. The van der Waals surface area contributed by atoms with Gasteiger partial charge in [-0.15, -0.1) is 0 Å². The third-order valence-electron chi connectivity index (χ3n) is 3.25. The van der Waals surface area contributed by atoms with Gasteiger partial charge in [-0.3, -0.25) is 0 Å². The third kappa shape index (κ3) is 4.97. The van der Waals surface area contributed by atoms with Gasteiger partial charge in [-0.1, -0.05) is 32.6 Å². The molecule has 0 nitrogen and oxygen atoms in total. The second kappa shape index (κ2) is 5.69. The van der Waals surface area contributed by atoms with E-state index >= 15 is 0 Å². The first-order valence-electron chi connectivity index (χ1n) is 6.08. The Labute approximate surface area is 97.0 Å². The quantitative estimate of drug-likeness (QED) is 0.573. The molecule has 0 aromatic heterocycles. The SMILES string of the molecule is CC(CCCC1CS1)CCCC1CS1. The summed E-state index contributed by atoms with van der Waals surface area (Å²) >= 11 is 4.29. The molecule has 0 radical (unpaired) electrons. The van der Waals surface area contributed by atoms with Gasteiger partial charge >= 0.3 is 0 Å². The minimum Gasteiger partial charge on any atom is -0.157 e. The molecule has 2 atom stereocenters. The lowest BCUT2D eigenvalue weighted by molar-refractivity contribution is 0.449. The fourth-order valence-electron chi connectivity index (χ4n) is 2.00. The van der Waals surface area contributed by atoms with E-state index in [0.717, 1.165) is 16.4 Å². The van der Waals surface area contributed by atoms with Crippen molar-refractivity contribution >= 4 is 23.5 Å². The lowest BCUT2D eigenvalue weighted by Gasteiger charge is -2.09. The van der Waals surface area contributed by atoms with Gasteiger partial charge in [0, 0.05) is 22.0 Å². The minimum atomic E-state index is 0.988. The highest BCUT2D eigenvalue weighted by Crippen LogP contribution is 2.36. The van der Waals surface area contributed by atoms with Crippen molar-refractivity contribution in [2.45, 2.75) is 55.9 Å². The van der Waals surface area contributed by atoms with Crippen molar-refractivity contribution in [3.8, 4) is 0 Å². The van der Waals surface area contributed by atoms with Crippen LogP contribution in [0.25, 0.3) is 0 Å². The van der Waals surface area contributed by atoms with E-state index in [0.29, 0.717) is 0 Å². The second-order valence-corrected chi connectivity index (χ2v) is 7.54. The van der Waals surface area contributed by atoms with Crippen LogP contribution in [-0.2, 0) is 0 Å². The highest BCUT2D eigenvalue weighted by Gasteiger charge is 2.22. The van der Waals surface area contributed by atoms with E-state index in [1.807, 2.05) is 0 Å². The van der Waals surface area contributed by atoms with E-state index in [1.165, 1.54) is 50.0 Å². The topological polar surface area (TPSA) is 0 Å². The normalized spacial score (nSPS) is 31.5. The first kappa shape index (κ1) is 11.2. The first-order valence-corrected chi connectivity index (χ1v) is 8.17. The summed E-state index contributed by atoms with van der Waals surface area (Å²) in [4.78, 5) is 0. The van der Waals surface area contributed by atoms with Crippen molar-refractivity contribution in [3.05, 3.63) is 0 Å². The average molecular weight is 230 g/mol. The molecule has 2 saturated heterocycles. The number of hydrogen-bond acceptors (Lipinski definition) is 2. The van der Waals surface area contributed by atoms with E-state index < -0.39 is 0 Å². The van der Waals surface area contributed by atoms with E-state index in [-0.39, 0.29) is 0 Å². The predicted molar refractivity (Wildman–Crippen MR) is 69.4 cm³/mol. The summed E-state index contributed by atoms with van der Waals surface area (Å²) in [5.41, 5.74) is 0. The smallest absolute Gasteiger partial charge is 0.0138 e. The largest absolute Gasteiger partial charge is 0.157 e. The van der Waals surface area contributed by atoms with Gasteiger partial charge in [0.25, 0.3) is 0 Å². The summed E-state index contributed by atoms with van der Waals surface area (Å²) in [6.45, 7) is 2.44. The molecular weight excluding hydrogens is 208 g/mol. The predicted octanol–water partition coefficient (Wildman–Crippen LogP) is 4.19. The molecular formula is C12H22S2. The highest BCUT2D eigenvalue weighted by molar-refractivity contribution is 8.07. The van der Waals surface area contributed by atoms with Gasteiger partial charge in [0.05, 0.1) is 0 Å². The molecule has 2 unspecified atom stereocenters. The molecule has 0 bridgehead atoms. The Morgan fingerprint density at radius 1 is 1.00 bits per heavy atom. The number of hydrogen-bond donors (Lipinski definition) is 0. The molecule has 2 rings (SSSR count). The molecule has 2 heteroatoms. The van der Waals surface area contributed by atoms with Crippen LogP contribution >= 0.6 is 23.5 Å². The molecule has 2 fully saturated rings. The molecule has 2 aliphatic heterocycles. The van der Waals surface area contributed by atoms with Crippen LogP contribution in [-0.4, -0.2) is 22.0 Å². The van der Waals surface area contributed by atoms with Crippen LogP contribution in [0.15, 0.2) is 0 Å². The first-order chi connectivity index (χ1) is 6.84. The van der Waals surface area contributed by atoms with Crippen LogP contribution in [0.3, 0.4) is 0 Å². The van der Waals surface area contributed by atoms with Crippen molar-refractivity contribution in [2.24, 2.45) is 5.92 Å². The molecule has 0 aromatic carbocycles. The molecule has 14 heavy (non-hydrogen) atoms. The molecule has 2 aliphatic rings. The van der Waals surface area contributed by atoms with Gasteiger partial charge in [0.1, 0.15) is 0 Å². The summed E-state index contributed by atoms with van der Waals surface area (Å²) in [6.07, 6.45) is 8.92. The molecule has 0 spiro atoms. The van der Waals surface area contributed by atoms with E-state index in [4.69, 9.17) is 0 Å². The maximum atomic E-state index is 2.44. The van der Waals surface area contributed by atoms with E-state index in [9.17, 15) is 0 Å². The Morgan fingerprint density at radius 2 is 1.43 bits per heavy atom. The van der Waals surface area contributed by atoms with Crippen LogP contribution in [0.1, 0.15) is 45.4 Å². The second-order valence-electron chi connectivity index (χ2n) is 4.88. The van der Waals surface area contributed by atoms with Crippen LogP contribution in [0.5, 0.6) is 0 Å². The van der Waals surface area contributed by atoms with Gasteiger partial charge in [0.15, 0.2) is 0 Å². The fourth-order valence-corrected chi connectivity index (χ4v) is 3.27. The maximum absolute atomic E-state index is 2.44. The summed E-state index contributed by atoms with van der Waals surface area (Å²) in [5.74, 6) is 3.89. The Morgan fingerprint density at radius 3 is 1.79 bits per heavy atom. The number of thioether (sulfide) groups is 2. The van der Waals surface area contributed by atoms with Gasteiger partial charge in [0.2, 0.25) is 0 Å². The van der Waals surface area contributed by atoms with E-state index in [1.54, 1.807) is 0 Å². The van der Waals surface area contributed by atoms with Gasteiger partial charge < -0.3 is 0 Å². The zero-order valence-corrected chi connectivity index (χ0v) is 10.8. The zero-order valence-electron chi connectivity index (χ0n) is 9.21. The molecule has 0 saturated carbocycles. The summed E-state index contributed by atoms with van der Waals surface area (Å²) in [6, 6.07) is 0. The Hall–Kier alpha value is 0.700. The molecule has 82 valence electrons. The lowest BCUT2D eigenvalue weighted by Crippen LogP contribution is -1.97. The monoisotopic (exact) mass is 230 g/mol. The highest BCUT2D eigenvalue weighted by atomic mass is 32.2. The van der Waals surface area contributed by atoms with Gasteiger partial charge in [-0.25, -0.2) is 0 Å². The minimum absolute atomic E-state index is 0.988. The molecule has 0 aliphatic carbocycles. The molecule has 0 amide bonds. The average Bonchev–Trinajstić information content (AvgIpc) is 2.99. The van der Waals surface area contributed by atoms with Crippen LogP contribution in [0, 0.1) is 5.92 Å². The lowest BCUT2D eigenvalue weighted by atomic mass is 9.97. The third-order valence-corrected chi connectivity index (χ3v) is 5.33. The summed E-state index contributed by atoms with van der Waals surface area (Å²) in [7, 11) is 0. The van der Waals surface area contributed by atoms with Crippen molar-refractivity contribution in [1.82, 2.24) is 0 Å². The molecule has 2 heterocycles. The Bertz CT molecular complexity index is 144. The fraction of sp³-hybridized carbons (Fsp3) is 1.00. The van der Waals surface area contributed by atoms with Crippen molar-refractivity contribution in [2.75, 3.05) is 11.5 Å². The molecule has 0 aromatic rings. The maximum Gasteiger partial charge on any atom is 0.0138 e. The van der Waals surface area contributed by atoms with Crippen molar-refractivity contribution in [3.63, 3.8) is 0 Å². The number of rotatable bonds is 8. The van der Waals surface area contributed by atoms with Gasteiger partial charge in [-0.2, -0.15) is 23.5 Å². The van der Waals surface area contributed by atoms with Crippen LogP contribution in [0.2, 0.25) is 0 Å². The zero-order chi connectivity index (χ0) is 9.80. The summed E-state index contributed by atoms with van der Waals surface area (Å²) < 4.78 is 0.